The summed E-state index contributed by atoms with van der Waals surface area (Å²) in [6.07, 6.45) is 2.79. The summed E-state index contributed by atoms with van der Waals surface area (Å²) in [6, 6.07) is 0.613. The molecule has 0 aliphatic carbocycles. The first kappa shape index (κ1) is 15.2. The SMILES string of the molecule is CCC1(CC)CN(CC2CN(C)CCO2)C(C)CN1. The number of hydrogen-bond donors (Lipinski definition) is 1. The molecule has 0 saturated carbocycles. The lowest BCUT2D eigenvalue weighted by Gasteiger charge is -2.48. The fourth-order valence-electron chi connectivity index (χ4n) is 3.30. The molecule has 2 saturated heterocycles. The number of likely N-dealkylation sites (N-methyl/N-ethyl adjacent to an activating group) is 1. The van der Waals surface area contributed by atoms with E-state index in [1.807, 2.05) is 0 Å². The molecule has 0 amide bonds. The van der Waals surface area contributed by atoms with Crippen LogP contribution in [0.25, 0.3) is 0 Å². The number of ether oxygens (including phenoxy) is 1. The molecule has 112 valence electrons. The summed E-state index contributed by atoms with van der Waals surface area (Å²) in [5.41, 5.74) is 0.313. The van der Waals surface area contributed by atoms with Crippen LogP contribution in [-0.4, -0.2) is 73.9 Å². The molecule has 0 aromatic carbocycles. The molecule has 2 atom stereocenters. The average Bonchev–Trinajstić information content (AvgIpc) is 2.42. The van der Waals surface area contributed by atoms with E-state index in [1.54, 1.807) is 0 Å². The molecule has 0 spiro atoms. The molecule has 2 rings (SSSR count). The van der Waals surface area contributed by atoms with Crippen LogP contribution in [0.2, 0.25) is 0 Å². The lowest BCUT2D eigenvalue weighted by molar-refractivity contribution is -0.0510. The van der Waals surface area contributed by atoms with Gasteiger partial charge >= 0.3 is 0 Å². The highest BCUT2D eigenvalue weighted by molar-refractivity contribution is 4.96. The van der Waals surface area contributed by atoms with E-state index in [-0.39, 0.29) is 0 Å². The second-order valence-electron chi connectivity index (χ2n) is 6.40. The van der Waals surface area contributed by atoms with Crippen molar-refractivity contribution in [3.8, 4) is 0 Å². The Labute approximate surface area is 118 Å². The molecule has 1 N–H and O–H groups in total. The Kier molecular flexibility index (Phi) is 5.23. The zero-order valence-corrected chi connectivity index (χ0v) is 13.1. The van der Waals surface area contributed by atoms with Gasteiger partial charge in [-0.2, -0.15) is 0 Å². The fraction of sp³-hybridized carbons (Fsp3) is 1.00. The lowest BCUT2D eigenvalue weighted by Crippen LogP contribution is -2.64. The van der Waals surface area contributed by atoms with Gasteiger partial charge in [-0.15, -0.1) is 0 Å². The predicted octanol–water partition coefficient (Wildman–Crippen LogP) is 1.17. The zero-order valence-electron chi connectivity index (χ0n) is 13.1. The highest BCUT2D eigenvalue weighted by Crippen LogP contribution is 2.23. The normalized spacial score (nSPS) is 33.5. The van der Waals surface area contributed by atoms with Crippen LogP contribution in [0.15, 0.2) is 0 Å². The lowest BCUT2D eigenvalue weighted by atomic mass is 9.88. The van der Waals surface area contributed by atoms with E-state index in [2.05, 4.69) is 42.9 Å². The van der Waals surface area contributed by atoms with Gasteiger partial charge in [0.15, 0.2) is 0 Å². The van der Waals surface area contributed by atoms with E-state index in [0.29, 0.717) is 17.7 Å². The van der Waals surface area contributed by atoms with E-state index in [4.69, 9.17) is 4.74 Å². The maximum absolute atomic E-state index is 5.93. The van der Waals surface area contributed by atoms with Crippen LogP contribution < -0.4 is 5.32 Å². The molecule has 2 heterocycles. The summed E-state index contributed by atoms with van der Waals surface area (Å²) >= 11 is 0. The third kappa shape index (κ3) is 3.69. The van der Waals surface area contributed by atoms with E-state index < -0.39 is 0 Å². The van der Waals surface area contributed by atoms with Crippen molar-refractivity contribution in [2.24, 2.45) is 0 Å². The third-order valence-electron chi connectivity index (χ3n) is 5.04. The minimum Gasteiger partial charge on any atom is -0.374 e. The predicted molar refractivity (Wildman–Crippen MR) is 79.6 cm³/mol. The van der Waals surface area contributed by atoms with E-state index >= 15 is 0 Å². The van der Waals surface area contributed by atoms with Crippen LogP contribution in [-0.2, 0) is 4.74 Å². The van der Waals surface area contributed by atoms with Crippen molar-refractivity contribution in [3.05, 3.63) is 0 Å². The van der Waals surface area contributed by atoms with Crippen molar-refractivity contribution >= 4 is 0 Å². The quantitative estimate of drug-likeness (QED) is 0.829. The van der Waals surface area contributed by atoms with Crippen LogP contribution >= 0.6 is 0 Å². The van der Waals surface area contributed by atoms with Crippen LogP contribution in [0.3, 0.4) is 0 Å². The molecule has 2 aliphatic rings. The number of hydrogen-bond acceptors (Lipinski definition) is 4. The molecule has 0 aromatic rings. The van der Waals surface area contributed by atoms with Gasteiger partial charge in [-0.3, -0.25) is 4.90 Å². The summed E-state index contributed by atoms with van der Waals surface area (Å²) in [4.78, 5) is 5.02. The van der Waals surface area contributed by atoms with Crippen LogP contribution in [0.5, 0.6) is 0 Å². The standard InChI is InChI=1S/C15H31N3O/c1-5-15(6-2)12-18(13(3)9-16-15)11-14-10-17(4)7-8-19-14/h13-14,16H,5-12H2,1-4H3. The number of piperazine rings is 1. The van der Waals surface area contributed by atoms with Gasteiger partial charge < -0.3 is 15.0 Å². The van der Waals surface area contributed by atoms with Crippen molar-refractivity contribution < 1.29 is 4.74 Å². The van der Waals surface area contributed by atoms with Gasteiger partial charge in [0.1, 0.15) is 0 Å². The van der Waals surface area contributed by atoms with Crippen molar-refractivity contribution in [2.45, 2.75) is 51.3 Å². The Bertz CT molecular complexity index is 281. The fourth-order valence-corrected chi connectivity index (χ4v) is 3.30. The number of rotatable bonds is 4. The smallest absolute Gasteiger partial charge is 0.0829 e. The van der Waals surface area contributed by atoms with E-state index in [0.717, 1.165) is 39.3 Å². The second kappa shape index (κ2) is 6.53. The zero-order chi connectivity index (χ0) is 13.9. The van der Waals surface area contributed by atoms with Gasteiger partial charge in [0.05, 0.1) is 12.7 Å². The van der Waals surface area contributed by atoms with Crippen LogP contribution in [0.1, 0.15) is 33.6 Å². The molecular weight excluding hydrogens is 238 g/mol. The van der Waals surface area contributed by atoms with Crippen molar-refractivity contribution in [3.63, 3.8) is 0 Å². The molecule has 2 fully saturated rings. The molecule has 0 aromatic heterocycles. The maximum Gasteiger partial charge on any atom is 0.0829 e. The molecule has 4 heteroatoms. The monoisotopic (exact) mass is 269 g/mol. The summed E-state index contributed by atoms with van der Waals surface area (Å²) in [7, 11) is 2.19. The molecular formula is C15H31N3O. The number of nitrogens with zero attached hydrogens (tertiary/aromatic N) is 2. The number of morpholine rings is 1. The van der Waals surface area contributed by atoms with Gasteiger partial charge in [-0.25, -0.2) is 0 Å². The van der Waals surface area contributed by atoms with Gasteiger partial charge in [0.25, 0.3) is 0 Å². The van der Waals surface area contributed by atoms with E-state index in [1.165, 1.54) is 12.8 Å². The first-order valence-corrected chi connectivity index (χ1v) is 7.88. The average molecular weight is 269 g/mol. The summed E-state index contributed by atoms with van der Waals surface area (Å²) in [6.45, 7) is 13.3. The summed E-state index contributed by atoms with van der Waals surface area (Å²) in [5, 5.41) is 3.76. The Morgan fingerprint density at radius 3 is 2.68 bits per heavy atom. The Morgan fingerprint density at radius 1 is 1.32 bits per heavy atom. The van der Waals surface area contributed by atoms with Gasteiger partial charge in [-0.1, -0.05) is 13.8 Å². The molecule has 19 heavy (non-hydrogen) atoms. The van der Waals surface area contributed by atoms with E-state index in [9.17, 15) is 0 Å². The molecule has 4 nitrogen and oxygen atoms in total. The van der Waals surface area contributed by atoms with Gasteiger partial charge in [0, 0.05) is 44.3 Å². The molecule has 2 unspecified atom stereocenters. The molecule has 2 aliphatic heterocycles. The van der Waals surface area contributed by atoms with Crippen molar-refractivity contribution in [2.75, 3.05) is 46.4 Å². The Morgan fingerprint density at radius 2 is 2.05 bits per heavy atom. The second-order valence-corrected chi connectivity index (χ2v) is 6.40. The van der Waals surface area contributed by atoms with Crippen LogP contribution in [0, 0.1) is 0 Å². The Hall–Kier alpha value is -0.160. The summed E-state index contributed by atoms with van der Waals surface area (Å²) < 4.78 is 5.93. The van der Waals surface area contributed by atoms with Gasteiger partial charge in [0.2, 0.25) is 0 Å². The van der Waals surface area contributed by atoms with Crippen molar-refractivity contribution in [1.82, 2.24) is 15.1 Å². The topological polar surface area (TPSA) is 27.7 Å². The first-order chi connectivity index (χ1) is 9.08. The first-order valence-electron chi connectivity index (χ1n) is 7.88. The minimum absolute atomic E-state index is 0.313. The third-order valence-corrected chi connectivity index (χ3v) is 5.04. The van der Waals surface area contributed by atoms with Crippen molar-refractivity contribution in [1.29, 1.82) is 0 Å². The molecule has 0 bridgehead atoms. The number of nitrogens with one attached hydrogen (secondary N) is 1. The highest BCUT2D eigenvalue weighted by Gasteiger charge is 2.36. The Balaban J connectivity index is 1.93. The highest BCUT2D eigenvalue weighted by atomic mass is 16.5. The van der Waals surface area contributed by atoms with Crippen LogP contribution in [0.4, 0.5) is 0 Å². The summed E-state index contributed by atoms with van der Waals surface area (Å²) in [5.74, 6) is 0. The van der Waals surface area contributed by atoms with Gasteiger partial charge in [-0.05, 0) is 26.8 Å². The maximum atomic E-state index is 5.93. The minimum atomic E-state index is 0.313. The molecule has 0 radical (unpaired) electrons. The largest absolute Gasteiger partial charge is 0.374 e.